The second kappa shape index (κ2) is 4.18. The van der Waals surface area contributed by atoms with Gasteiger partial charge < -0.3 is 5.73 Å². The third-order valence-electron chi connectivity index (χ3n) is 2.26. The van der Waals surface area contributed by atoms with Crippen molar-refractivity contribution in [2.24, 2.45) is 7.05 Å². The summed E-state index contributed by atoms with van der Waals surface area (Å²) in [5.74, 6) is 0.345. The fourth-order valence-electron chi connectivity index (χ4n) is 1.33. The van der Waals surface area contributed by atoms with Gasteiger partial charge in [0.25, 0.3) is 10.0 Å². The van der Waals surface area contributed by atoms with Crippen molar-refractivity contribution in [3.63, 3.8) is 0 Å². The van der Waals surface area contributed by atoms with Crippen LogP contribution in [0.25, 0.3) is 0 Å². The third-order valence-corrected chi connectivity index (χ3v) is 3.73. The van der Waals surface area contributed by atoms with Gasteiger partial charge in [-0.3, -0.25) is 9.78 Å². The number of nitrogens with one attached hydrogen (secondary N) is 2. The molecule has 0 aliphatic heterocycles. The van der Waals surface area contributed by atoms with Crippen LogP contribution in [0.5, 0.6) is 0 Å². The first-order valence-electron chi connectivity index (χ1n) is 4.76. The number of nitrogens with two attached hydrogens (primary N) is 1. The summed E-state index contributed by atoms with van der Waals surface area (Å²) in [6, 6.07) is 1.42. The molecule has 0 spiro atoms. The summed E-state index contributed by atoms with van der Waals surface area (Å²) in [6.45, 7) is 0.0792. The summed E-state index contributed by atoms with van der Waals surface area (Å²) in [6.07, 6.45) is 2.89. The molecule has 0 saturated carbocycles. The van der Waals surface area contributed by atoms with E-state index in [0.29, 0.717) is 11.4 Å². The predicted octanol–water partition coefficient (Wildman–Crippen LogP) is -0.796. The zero-order valence-electron chi connectivity index (χ0n) is 9.08. The summed E-state index contributed by atoms with van der Waals surface area (Å²) >= 11 is 0. The summed E-state index contributed by atoms with van der Waals surface area (Å²) in [7, 11) is -2.03. The first-order chi connectivity index (χ1) is 8.00. The van der Waals surface area contributed by atoms with Crippen LogP contribution in [0.3, 0.4) is 0 Å². The van der Waals surface area contributed by atoms with E-state index in [2.05, 4.69) is 20.0 Å². The van der Waals surface area contributed by atoms with Crippen molar-refractivity contribution in [2.45, 2.75) is 11.6 Å². The molecule has 0 aliphatic rings. The fraction of sp³-hybridized carbons (Fsp3) is 0.250. The number of rotatable bonds is 4. The average molecular weight is 256 g/mol. The molecule has 8 nitrogen and oxygen atoms in total. The average Bonchev–Trinajstić information content (AvgIpc) is 2.85. The molecule has 0 atom stereocenters. The van der Waals surface area contributed by atoms with Gasteiger partial charge in [-0.15, -0.1) is 0 Å². The lowest BCUT2D eigenvalue weighted by Crippen LogP contribution is -2.25. The number of anilines is 1. The molecule has 9 heteroatoms. The van der Waals surface area contributed by atoms with E-state index in [-0.39, 0.29) is 11.6 Å². The van der Waals surface area contributed by atoms with Gasteiger partial charge in [0.1, 0.15) is 5.82 Å². The van der Waals surface area contributed by atoms with E-state index in [1.165, 1.54) is 23.1 Å². The van der Waals surface area contributed by atoms with E-state index < -0.39 is 10.0 Å². The molecule has 4 N–H and O–H groups in total. The highest BCUT2D eigenvalue weighted by molar-refractivity contribution is 7.89. The van der Waals surface area contributed by atoms with Crippen molar-refractivity contribution in [3.05, 3.63) is 24.0 Å². The molecule has 0 radical (unpaired) electrons. The molecule has 17 heavy (non-hydrogen) atoms. The van der Waals surface area contributed by atoms with Crippen molar-refractivity contribution >= 4 is 15.8 Å². The number of nitrogens with zero attached hydrogens (tertiary/aromatic N) is 3. The maximum absolute atomic E-state index is 11.9. The molecule has 2 rings (SSSR count). The molecular weight excluding hydrogens is 244 g/mol. The van der Waals surface area contributed by atoms with E-state index in [0.717, 1.165) is 0 Å². The standard InChI is InChI=1S/C8H12N6O2S/c1-14-7(2-3-11-14)17(15,16)12-5-6-4-10-13-8(6)9/h2-4,12H,5H2,1H3,(H3,9,10,13). The van der Waals surface area contributed by atoms with Crippen molar-refractivity contribution in [1.82, 2.24) is 24.7 Å². The van der Waals surface area contributed by atoms with E-state index in [1.807, 2.05) is 0 Å². The van der Waals surface area contributed by atoms with Crippen LogP contribution in [0.15, 0.2) is 23.5 Å². The predicted molar refractivity (Wildman–Crippen MR) is 60.2 cm³/mol. The van der Waals surface area contributed by atoms with Gasteiger partial charge in [-0.1, -0.05) is 0 Å². The van der Waals surface area contributed by atoms with Gasteiger partial charge in [-0.2, -0.15) is 10.2 Å². The van der Waals surface area contributed by atoms with Gasteiger partial charge >= 0.3 is 0 Å². The topological polar surface area (TPSA) is 119 Å². The van der Waals surface area contributed by atoms with Crippen LogP contribution >= 0.6 is 0 Å². The SMILES string of the molecule is Cn1nccc1S(=O)(=O)NCc1cn[nH]c1N. The Balaban J connectivity index is 2.15. The minimum absolute atomic E-state index is 0.0792. The number of nitrogen functional groups attached to an aromatic ring is 1. The van der Waals surface area contributed by atoms with Crippen LogP contribution in [0.1, 0.15) is 5.56 Å². The van der Waals surface area contributed by atoms with Gasteiger partial charge in [-0.05, 0) is 6.07 Å². The molecule has 0 aliphatic carbocycles. The Kier molecular flexibility index (Phi) is 2.86. The zero-order chi connectivity index (χ0) is 12.5. The largest absolute Gasteiger partial charge is 0.384 e. The van der Waals surface area contributed by atoms with E-state index in [1.54, 1.807) is 7.05 Å². The molecule has 0 amide bonds. The lowest BCUT2D eigenvalue weighted by atomic mass is 10.3. The number of sulfonamides is 1. The Morgan fingerprint density at radius 1 is 1.59 bits per heavy atom. The van der Waals surface area contributed by atoms with Crippen LogP contribution in [0.2, 0.25) is 0 Å². The van der Waals surface area contributed by atoms with Crippen LogP contribution in [-0.4, -0.2) is 28.4 Å². The van der Waals surface area contributed by atoms with Crippen LogP contribution in [0.4, 0.5) is 5.82 Å². The molecule has 2 heterocycles. The Labute approximate surface area is 97.9 Å². The van der Waals surface area contributed by atoms with E-state index >= 15 is 0 Å². The molecule has 0 fully saturated rings. The Morgan fingerprint density at radius 3 is 2.88 bits per heavy atom. The van der Waals surface area contributed by atoms with Crippen molar-refractivity contribution in [1.29, 1.82) is 0 Å². The lowest BCUT2D eigenvalue weighted by Gasteiger charge is -2.05. The minimum atomic E-state index is -3.59. The molecule has 0 saturated heterocycles. The quantitative estimate of drug-likeness (QED) is 0.662. The van der Waals surface area contributed by atoms with Crippen LogP contribution < -0.4 is 10.5 Å². The number of aromatic amines is 1. The maximum Gasteiger partial charge on any atom is 0.258 e. The van der Waals surface area contributed by atoms with Gasteiger partial charge in [0.05, 0.1) is 12.4 Å². The number of hydrogen-bond acceptors (Lipinski definition) is 5. The van der Waals surface area contributed by atoms with E-state index in [9.17, 15) is 8.42 Å². The summed E-state index contributed by atoms with van der Waals surface area (Å²) in [5, 5.41) is 10.1. The number of aryl methyl sites for hydroxylation is 1. The van der Waals surface area contributed by atoms with Crippen molar-refractivity contribution in [2.75, 3.05) is 5.73 Å². The zero-order valence-corrected chi connectivity index (χ0v) is 9.90. The molecule has 0 unspecified atom stereocenters. The Bertz CT molecular complexity index is 614. The van der Waals surface area contributed by atoms with Crippen molar-refractivity contribution < 1.29 is 8.42 Å². The number of aromatic nitrogens is 4. The Morgan fingerprint density at radius 2 is 2.35 bits per heavy atom. The van der Waals surface area contributed by atoms with Crippen LogP contribution in [0, 0.1) is 0 Å². The molecule has 0 bridgehead atoms. The third kappa shape index (κ3) is 2.29. The highest BCUT2D eigenvalue weighted by Gasteiger charge is 2.18. The second-order valence-corrected chi connectivity index (χ2v) is 5.14. The Hall–Kier alpha value is -1.87. The summed E-state index contributed by atoms with van der Waals surface area (Å²) in [4.78, 5) is 0. The number of hydrogen-bond donors (Lipinski definition) is 3. The highest BCUT2D eigenvalue weighted by Crippen LogP contribution is 2.09. The number of H-pyrrole nitrogens is 1. The molecule has 92 valence electrons. The summed E-state index contributed by atoms with van der Waals surface area (Å²) < 4.78 is 27.5. The maximum atomic E-state index is 11.9. The smallest absolute Gasteiger partial charge is 0.258 e. The molecule has 2 aromatic heterocycles. The van der Waals surface area contributed by atoms with Crippen molar-refractivity contribution in [3.8, 4) is 0 Å². The summed E-state index contributed by atoms with van der Waals surface area (Å²) in [5.41, 5.74) is 6.14. The fourth-order valence-corrected chi connectivity index (χ4v) is 2.46. The second-order valence-electron chi connectivity index (χ2n) is 3.43. The lowest BCUT2D eigenvalue weighted by molar-refractivity contribution is 0.563. The van der Waals surface area contributed by atoms with Gasteiger partial charge in [0.2, 0.25) is 0 Å². The molecular formula is C8H12N6O2S. The van der Waals surface area contributed by atoms with E-state index in [4.69, 9.17) is 5.73 Å². The minimum Gasteiger partial charge on any atom is -0.384 e. The van der Waals surface area contributed by atoms with Crippen LogP contribution in [-0.2, 0) is 23.6 Å². The van der Waals surface area contributed by atoms with Gasteiger partial charge in [0.15, 0.2) is 5.03 Å². The van der Waals surface area contributed by atoms with Gasteiger partial charge in [0, 0.05) is 19.2 Å². The molecule has 2 aromatic rings. The normalized spacial score (nSPS) is 11.8. The molecule has 0 aromatic carbocycles. The van der Waals surface area contributed by atoms with Gasteiger partial charge in [-0.25, -0.2) is 13.1 Å². The monoisotopic (exact) mass is 256 g/mol. The first-order valence-corrected chi connectivity index (χ1v) is 6.24. The highest BCUT2D eigenvalue weighted by atomic mass is 32.2. The first kappa shape index (κ1) is 11.6.